The zero-order valence-electron chi connectivity index (χ0n) is 16.7. The Morgan fingerprint density at radius 1 is 1.18 bits per heavy atom. The number of hydrogen-bond acceptors (Lipinski definition) is 4. The average molecular weight is 405 g/mol. The van der Waals surface area contributed by atoms with Crippen LogP contribution in [0.3, 0.4) is 0 Å². The molecule has 7 nitrogen and oxygen atoms in total. The molecular weight excluding hydrogens is 376 g/mol. The van der Waals surface area contributed by atoms with Crippen LogP contribution in [0.4, 0.5) is 0 Å². The van der Waals surface area contributed by atoms with E-state index in [1.54, 1.807) is 48.9 Å². The lowest BCUT2D eigenvalue weighted by Gasteiger charge is -2.31. The maximum Gasteiger partial charge on any atom is 0.243 e. The van der Waals surface area contributed by atoms with Gasteiger partial charge < -0.3 is 9.47 Å². The van der Waals surface area contributed by atoms with E-state index in [2.05, 4.69) is 9.55 Å². The average Bonchev–Trinajstić information content (AvgIpc) is 3.07. The highest BCUT2D eigenvalue weighted by molar-refractivity contribution is 7.89. The molecule has 1 saturated heterocycles. The predicted octanol–water partition coefficient (Wildman–Crippen LogP) is 1.92. The summed E-state index contributed by atoms with van der Waals surface area (Å²) in [6, 6.07) is 6.66. The summed E-state index contributed by atoms with van der Waals surface area (Å²) in [5, 5.41) is 0. The quantitative estimate of drug-likeness (QED) is 0.737. The largest absolute Gasteiger partial charge is 0.349 e. The third-order valence-corrected chi connectivity index (χ3v) is 7.28. The van der Waals surface area contributed by atoms with Gasteiger partial charge >= 0.3 is 0 Å². The number of likely N-dealkylation sites (N-methyl/N-ethyl adjacent to an activating group) is 1. The first-order valence-corrected chi connectivity index (χ1v) is 11.0. The second-order valence-electron chi connectivity index (χ2n) is 7.58. The SMILES string of the molecule is Cc1nccn1CC1CCN(S(=O)(=O)c2ccc(CC(=O)N(C)C)cc2)CC1. The van der Waals surface area contributed by atoms with Gasteiger partial charge in [0.15, 0.2) is 0 Å². The maximum atomic E-state index is 12.9. The lowest BCUT2D eigenvalue weighted by Crippen LogP contribution is -2.39. The van der Waals surface area contributed by atoms with Crippen LogP contribution in [0.15, 0.2) is 41.6 Å². The van der Waals surface area contributed by atoms with Crippen LogP contribution in [-0.4, -0.2) is 60.3 Å². The van der Waals surface area contributed by atoms with Crippen LogP contribution in [0, 0.1) is 12.8 Å². The number of piperidine rings is 1. The van der Waals surface area contributed by atoms with Gasteiger partial charge in [-0.15, -0.1) is 0 Å². The monoisotopic (exact) mass is 404 g/mol. The molecule has 0 aliphatic carbocycles. The van der Waals surface area contributed by atoms with E-state index in [-0.39, 0.29) is 17.2 Å². The number of aromatic nitrogens is 2. The van der Waals surface area contributed by atoms with Gasteiger partial charge in [0.05, 0.1) is 11.3 Å². The molecule has 2 heterocycles. The fourth-order valence-corrected chi connectivity index (χ4v) is 4.94. The predicted molar refractivity (Wildman–Crippen MR) is 107 cm³/mol. The van der Waals surface area contributed by atoms with E-state index in [0.29, 0.717) is 19.0 Å². The van der Waals surface area contributed by atoms with E-state index in [0.717, 1.165) is 30.8 Å². The van der Waals surface area contributed by atoms with Crippen LogP contribution in [0.2, 0.25) is 0 Å². The molecule has 0 unspecified atom stereocenters. The number of nitrogens with zero attached hydrogens (tertiary/aromatic N) is 4. The van der Waals surface area contributed by atoms with Crippen molar-refractivity contribution in [2.75, 3.05) is 27.2 Å². The van der Waals surface area contributed by atoms with E-state index in [9.17, 15) is 13.2 Å². The van der Waals surface area contributed by atoms with Gasteiger partial charge in [-0.2, -0.15) is 4.31 Å². The Morgan fingerprint density at radius 3 is 2.36 bits per heavy atom. The molecule has 1 aliphatic rings. The number of imidazole rings is 1. The molecule has 0 atom stereocenters. The molecule has 3 rings (SSSR count). The number of amides is 1. The summed E-state index contributed by atoms with van der Waals surface area (Å²) in [4.78, 5) is 17.9. The van der Waals surface area contributed by atoms with Crippen molar-refractivity contribution in [3.8, 4) is 0 Å². The molecule has 0 radical (unpaired) electrons. The topological polar surface area (TPSA) is 75.5 Å². The number of aryl methyl sites for hydroxylation is 1. The molecule has 8 heteroatoms. The lowest BCUT2D eigenvalue weighted by molar-refractivity contribution is -0.127. The molecule has 152 valence electrons. The van der Waals surface area contributed by atoms with Gasteiger partial charge in [-0.05, 0) is 43.4 Å². The number of carbonyl (C=O) groups excluding carboxylic acids is 1. The van der Waals surface area contributed by atoms with Crippen molar-refractivity contribution in [2.24, 2.45) is 5.92 Å². The normalized spacial score (nSPS) is 16.2. The number of hydrogen-bond donors (Lipinski definition) is 0. The van der Waals surface area contributed by atoms with E-state index in [1.807, 2.05) is 13.1 Å². The van der Waals surface area contributed by atoms with Crippen LogP contribution in [0.1, 0.15) is 24.2 Å². The number of benzene rings is 1. The van der Waals surface area contributed by atoms with Gasteiger partial charge in [0.2, 0.25) is 15.9 Å². The molecule has 28 heavy (non-hydrogen) atoms. The Balaban J connectivity index is 1.60. The molecule has 0 spiro atoms. The Hall–Kier alpha value is -2.19. The second kappa shape index (κ2) is 8.45. The summed E-state index contributed by atoms with van der Waals surface area (Å²) in [5.41, 5.74) is 0.812. The molecule has 1 aromatic carbocycles. The van der Waals surface area contributed by atoms with Crippen LogP contribution in [-0.2, 0) is 27.8 Å². The van der Waals surface area contributed by atoms with Crippen molar-refractivity contribution < 1.29 is 13.2 Å². The Bertz CT molecular complexity index is 911. The molecule has 0 bridgehead atoms. The van der Waals surface area contributed by atoms with Crippen molar-refractivity contribution in [1.82, 2.24) is 18.8 Å². The Labute approximate surface area is 167 Å². The lowest BCUT2D eigenvalue weighted by atomic mass is 9.98. The van der Waals surface area contributed by atoms with Crippen molar-refractivity contribution in [1.29, 1.82) is 0 Å². The van der Waals surface area contributed by atoms with Crippen molar-refractivity contribution >= 4 is 15.9 Å². The smallest absolute Gasteiger partial charge is 0.243 e. The van der Waals surface area contributed by atoms with Gasteiger partial charge in [-0.1, -0.05) is 12.1 Å². The molecule has 1 aliphatic heterocycles. The third-order valence-electron chi connectivity index (χ3n) is 5.37. The minimum atomic E-state index is -3.50. The molecule has 1 aromatic heterocycles. The minimum Gasteiger partial charge on any atom is -0.349 e. The first-order valence-electron chi connectivity index (χ1n) is 9.54. The standard InChI is InChI=1S/C20H28N4O3S/c1-16-21-10-13-23(16)15-18-8-11-24(12-9-18)28(26,27)19-6-4-17(5-7-19)14-20(25)22(2)3/h4-7,10,13,18H,8-9,11-12,14-15H2,1-3H3. The van der Waals surface area contributed by atoms with Gasteiger partial charge in [-0.3, -0.25) is 4.79 Å². The summed E-state index contributed by atoms with van der Waals surface area (Å²) in [5.74, 6) is 1.44. The first-order chi connectivity index (χ1) is 13.3. The highest BCUT2D eigenvalue weighted by Crippen LogP contribution is 2.25. The summed E-state index contributed by atoms with van der Waals surface area (Å²) < 4.78 is 29.6. The minimum absolute atomic E-state index is 0.00851. The van der Waals surface area contributed by atoms with Crippen LogP contribution >= 0.6 is 0 Å². The van der Waals surface area contributed by atoms with Crippen molar-refractivity contribution in [3.05, 3.63) is 48.0 Å². The summed E-state index contributed by atoms with van der Waals surface area (Å²) in [6.45, 7) is 3.92. The number of rotatable bonds is 6. The van der Waals surface area contributed by atoms with Crippen LogP contribution < -0.4 is 0 Å². The van der Waals surface area contributed by atoms with E-state index in [1.165, 1.54) is 4.90 Å². The van der Waals surface area contributed by atoms with E-state index >= 15 is 0 Å². The van der Waals surface area contributed by atoms with Gasteiger partial charge in [0, 0.05) is 46.1 Å². The molecule has 1 amide bonds. The Kier molecular flexibility index (Phi) is 6.20. The van der Waals surface area contributed by atoms with Crippen LogP contribution in [0.25, 0.3) is 0 Å². The highest BCUT2D eigenvalue weighted by Gasteiger charge is 2.29. The maximum absolute atomic E-state index is 12.9. The molecule has 0 N–H and O–H groups in total. The van der Waals surface area contributed by atoms with Crippen molar-refractivity contribution in [2.45, 2.75) is 37.6 Å². The summed E-state index contributed by atoms with van der Waals surface area (Å²) in [7, 11) is -0.0839. The van der Waals surface area contributed by atoms with Gasteiger partial charge in [0.25, 0.3) is 0 Å². The van der Waals surface area contributed by atoms with E-state index < -0.39 is 10.0 Å². The van der Waals surface area contributed by atoms with Gasteiger partial charge in [0.1, 0.15) is 5.82 Å². The summed E-state index contributed by atoms with van der Waals surface area (Å²) in [6.07, 6.45) is 5.72. The Morgan fingerprint density at radius 2 is 1.82 bits per heavy atom. The summed E-state index contributed by atoms with van der Waals surface area (Å²) >= 11 is 0. The number of carbonyl (C=O) groups is 1. The number of sulfonamides is 1. The zero-order chi connectivity index (χ0) is 20.3. The molecule has 2 aromatic rings. The van der Waals surface area contributed by atoms with Gasteiger partial charge in [-0.25, -0.2) is 13.4 Å². The third kappa shape index (κ3) is 4.62. The highest BCUT2D eigenvalue weighted by atomic mass is 32.2. The van der Waals surface area contributed by atoms with Crippen LogP contribution in [0.5, 0.6) is 0 Å². The molecule has 0 saturated carbocycles. The fraction of sp³-hybridized carbons (Fsp3) is 0.500. The molecular formula is C20H28N4O3S. The fourth-order valence-electron chi connectivity index (χ4n) is 3.47. The second-order valence-corrected chi connectivity index (χ2v) is 9.52. The molecule has 1 fully saturated rings. The van der Waals surface area contributed by atoms with Crippen molar-refractivity contribution in [3.63, 3.8) is 0 Å². The zero-order valence-corrected chi connectivity index (χ0v) is 17.5. The first kappa shape index (κ1) is 20.5. The van der Waals surface area contributed by atoms with E-state index in [4.69, 9.17) is 0 Å².